The van der Waals surface area contributed by atoms with Crippen molar-refractivity contribution >= 4 is 11.6 Å². The summed E-state index contributed by atoms with van der Waals surface area (Å²) < 4.78 is 0. The van der Waals surface area contributed by atoms with Gasteiger partial charge in [-0.2, -0.15) is 0 Å². The van der Waals surface area contributed by atoms with Gasteiger partial charge in [0.2, 0.25) is 0 Å². The zero-order chi connectivity index (χ0) is 20.5. The fourth-order valence-electron chi connectivity index (χ4n) is 3.85. The van der Waals surface area contributed by atoms with Crippen LogP contribution in [0.4, 0.5) is 0 Å². The number of allylic oxidation sites excluding steroid dienone is 3. The molecule has 160 valence electrons. The molecule has 28 heavy (non-hydrogen) atoms. The van der Waals surface area contributed by atoms with Crippen LogP contribution in [0.25, 0.3) is 0 Å². The van der Waals surface area contributed by atoms with Gasteiger partial charge in [0.1, 0.15) is 5.78 Å². The lowest BCUT2D eigenvalue weighted by atomic mass is 9.83. The van der Waals surface area contributed by atoms with Gasteiger partial charge < -0.3 is 5.11 Å². The summed E-state index contributed by atoms with van der Waals surface area (Å²) in [6.07, 6.45) is 25.2. The Morgan fingerprint density at radius 2 is 1.54 bits per heavy atom. The minimum atomic E-state index is -1.13. The predicted molar refractivity (Wildman–Crippen MR) is 117 cm³/mol. The standard InChI is InChI=1S/C25H42O3/c1-2-3-4-5-6-7-8-9-10-11-12-13-14-15-16-18-23(26)21-25(28)20-17-19-24(27)22-25/h9-10,17,19,28H,2-8,11-16,18,20-22H2,1H3/b10-9-/t25-/m1/s1. The highest BCUT2D eigenvalue weighted by molar-refractivity contribution is 5.92. The fourth-order valence-corrected chi connectivity index (χ4v) is 3.85. The molecule has 0 unspecified atom stereocenters. The van der Waals surface area contributed by atoms with Gasteiger partial charge in [0.15, 0.2) is 5.78 Å². The summed E-state index contributed by atoms with van der Waals surface area (Å²) in [6, 6.07) is 0. The Kier molecular flexibility index (Phi) is 13.9. The van der Waals surface area contributed by atoms with Gasteiger partial charge in [-0.1, -0.05) is 76.5 Å². The third-order valence-electron chi connectivity index (χ3n) is 5.55. The fraction of sp³-hybridized carbons (Fsp3) is 0.760. The van der Waals surface area contributed by atoms with Crippen molar-refractivity contribution in [3.8, 4) is 0 Å². The number of rotatable bonds is 17. The molecule has 1 atom stereocenters. The number of Topliss-reactive ketones (excluding diaryl/α,β-unsaturated/α-hetero) is 1. The smallest absolute Gasteiger partial charge is 0.158 e. The average molecular weight is 391 g/mol. The molecule has 0 heterocycles. The monoisotopic (exact) mass is 390 g/mol. The third kappa shape index (κ3) is 13.0. The summed E-state index contributed by atoms with van der Waals surface area (Å²) >= 11 is 0. The lowest BCUT2D eigenvalue weighted by molar-refractivity contribution is -0.127. The quantitative estimate of drug-likeness (QED) is 0.224. The second kappa shape index (κ2) is 15.7. The van der Waals surface area contributed by atoms with Crippen LogP contribution in [-0.4, -0.2) is 22.3 Å². The van der Waals surface area contributed by atoms with Crippen molar-refractivity contribution in [3.63, 3.8) is 0 Å². The van der Waals surface area contributed by atoms with Crippen molar-refractivity contribution < 1.29 is 14.7 Å². The number of carbonyl (C=O) groups excluding carboxylic acids is 2. The molecule has 0 saturated carbocycles. The Labute approximate surface area is 172 Å². The van der Waals surface area contributed by atoms with Crippen LogP contribution in [0.2, 0.25) is 0 Å². The molecule has 1 rings (SSSR count). The molecule has 0 aromatic heterocycles. The van der Waals surface area contributed by atoms with Crippen LogP contribution in [-0.2, 0) is 9.59 Å². The Hall–Kier alpha value is -1.22. The lowest BCUT2D eigenvalue weighted by Gasteiger charge is -2.27. The van der Waals surface area contributed by atoms with Crippen LogP contribution in [0.5, 0.6) is 0 Å². The maximum absolute atomic E-state index is 12.1. The normalized spacial score (nSPS) is 19.6. The largest absolute Gasteiger partial charge is 0.389 e. The van der Waals surface area contributed by atoms with E-state index in [1.54, 1.807) is 6.08 Å². The molecule has 0 saturated heterocycles. The molecule has 0 fully saturated rings. The minimum Gasteiger partial charge on any atom is -0.389 e. The minimum absolute atomic E-state index is 0.0810. The van der Waals surface area contributed by atoms with Crippen LogP contribution in [0.1, 0.15) is 116 Å². The Morgan fingerprint density at radius 3 is 2.14 bits per heavy atom. The highest BCUT2D eigenvalue weighted by Gasteiger charge is 2.32. The van der Waals surface area contributed by atoms with Gasteiger partial charge in [-0.05, 0) is 44.6 Å². The van der Waals surface area contributed by atoms with E-state index in [0.29, 0.717) is 12.8 Å². The molecule has 0 spiro atoms. The van der Waals surface area contributed by atoms with Crippen LogP contribution in [0.15, 0.2) is 24.3 Å². The summed E-state index contributed by atoms with van der Waals surface area (Å²) in [6.45, 7) is 2.26. The summed E-state index contributed by atoms with van der Waals surface area (Å²) in [4.78, 5) is 23.5. The first-order chi connectivity index (χ1) is 13.6. The molecule has 3 heteroatoms. The molecule has 0 radical (unpaired) electrons. The maximum atomic E-state index is 12.1. The molecule has 1 aliphatic carbocycles. The molecule has 0 bridgehead atoms. The van der Waals surface area contributed by atoms with Crippen molar-refractivity contribution in [3.05, 3.63) is 24.3 Å². The van der Waals surface area contributed by atoms with Gasteiger partial charge in [0, 0.05) is 19.3 Å². The van der Waals surface area contributed by atoms with Crippen LogP contribution < -0.4 is 0 Å². The van der Waals surface area contributed by atoms with Crippen molar-refractivity contribution in [2.75, 3.05) is 0 Å². The van der Waals surface area contributed by atoms with Gasteiger partial charge in [-0.3, -0.25) is 9.59 Å². The molecule has 0 amide bonds. The highest BCUT2D eigenvalue weighted by Crippen LogP contribution is 2.26. The SMILES string of the molecule is CCCCCCCC/C=C\CCCCCCCC(=O)C[C@]1(O)CC=CC(=O)C1. The lowest BCUT2D eigenvalue weighted by Crippen LogP contribution is -2.35. The van der Waals surface area contributed by atoms with Crippen LogP contribution in [0.3, 0.4) is 0 Å². The first-order valence-electron chi connectivity index (χ1n) is 11.6. The average Bonchev–Trinajstić information content (AvgIpc) is 2.64. The van der Waals surface area contributed by atoms with E-state index < -0.39 is 5.60 Å². The number of unbranched alkanes of at least 4 members (excludes halogenated alkanes) is 11. The highest BCUT2D eigenvalue weighted by atomic mass is 16.3. The summed E-state index contributed by atoms with van der Waals surface area (Å²) in [5, 5.41) is 10.3. The number of aliphatic hydroxyl groups is 1. The van der Waals surface area contributed by atoms with Crippen molar-refractivity contribution in [2.45, 2.75) is 122 Å². The van der Waals surface area contributed by atoms with Crippen LogP contribution in [0, 0.1) is 0 Å². The zero-order valence-electron chi connectivity index (χ0n) is 18.1. The molecule has 0 aliphatic heterocycles. The predicted octanol–water partition coefficient (Wildman–Crippen LogP) is 6.63. The maximum Gasteiger partial charge on any atom is 0.158 e. The number of carbonyl (C=O) groups is 2. The van der Waals surface area contributed by atoms with E-state index in [1.165, 1.54) is 76.7 Å². The molecule has 1 N–H and O–H groups in total. The van der Waals surface area contributed by atoms with Gasteiger partial charge in [0.05, 0.1) is 5.60 Å². The van der Waals surface area contributed by atoms with Gasteiger partial charge in [-0.15, -0.1) is 0 Å². The van der Waals surface area contributed by atoms with E-state index >= 15 is 0 Å². The van der Waals surface area contributed by atoms with E-state index in [1.807, 2.05) is 0 Å². The van der Waals surface area contributed by atoms with Crippen LogP contribution >= 0.6 is 0 Å². The van der Waals surface area contributed by atoms with Gasteiger partial charge in [0.25, 0.3) is 0 Å². The van der Waals surface area contributed by atoms with E-state index in [0.717, 1.165) is 12.8 Å². The Morgan fingerprint density at radius 1 is 0.964 bits per heavy atom. The molecule has 1 aliphatic rings. The van der Waals surface area contributed by atoms with Crippen molar-refractivity contribution in [1.29, 1.82) is 0 Å². The molecule has 0 aromatic carbocycles. The Bertz CT molecular complexity index is 492. The topological polar surface area (TPSA) is 54.4 Å². The molecule has 3 nitrogen and oxygen atoms in total. The first-order valence-corrected chi connectivity index (χ1v) is 11.6. The summed E-state index contributed by atoms with van der Waals surface area (Å²) in [5.74, 6) is 0.00537. The van der Waals surface area contributed by atoms with E-state index in [4.69, 9.17) is 0 Å². The molecular weight excluding hydrogens is 348 g/mol. The van der Waals surface area contributed by atoms with E-state index in [9.17, 15) is 14.7 Å². The van der Waals surface area contributed by atoms with Gasteiger partial charge >= 0.3 is 0 Å². The zero-order valence-corrected chi connectivity index (χ0v) is 18.1. The first kappa shape index (κ1) is 24.8. The van der Waals surface area contributed by atoms with E-state index in [2.05, 4.69) is 19.1 Å². The van der Waals surface area contributed by atoms with E-state index in [-0.39, 0.29) is 24.4 Å². The molecular formula is C25H42O3. The molecule has 0 aromatic rings. The second-order valence-corrected chi connectivity index (χ2v) is 8.52. The Balaban J connectivity index is 1.89. The summed E-state index contributed by atoms with van der Waals surface area (Å²) in [5.41, 5.74) is -1.13. The third-order valence-corrected chi connectivity index (χ3v) is 5.55. The van der Waals surface area contributed by atoms with Crippen molar-refractivity contribution in [2.24, 2.45) is 0 Å². The number of hydrogen-bond acceptors (Lipinski definition) is 3. The van der Waals surface area contributed by atoms with Crippen molar-refractivity contribution in [1.82, 2.24) is 0 Å². The second-order valence-electron chi connectivity index (χ2n) is 8.52. The number of ketones is 2. The number of hydrogen-bond donors (Lipinski definition) is 1. The van der Waals surface area contributed by atoms with Gasteiger partial charge in [-0.25, -0.2) is 0 Å². The summed E-state index contributed by atoms with van der Waals surface area (Å²) in [7, 11) is 0.